The summed E-state index contributed by atoms with van der Waals surface area (Å²) in [6, 6.07) is 8.83. The van der Waals surface area contributed by atoms with E-state index in [2.05, 4.69) is 46.8 Å². The summed E-state index contributed by atoms with van der Waals surface area (Å²) in [5.41, 5.74) is 0. The molecule has 0 bridgehead atoms. The lowest BCUT2D eigenvalue weighted by Gasteiger charge is -2.13. The van der Waals surface area contributed by atoms with E-state index in [0.717, 1.165) is 10.5 Å². The Hall–Kier alpha value is 0.270. The average Bonchev–Trinajstić information content (AvgIpc) is 2.58. The molecule has 2 unspecified atom stereocenters. The molecule has 1 aromatic carbocycles. The second-order valence-electron chi connectivity index (χ2n) is 3.75. The van der Waals surface area contributed by atoms with Gasteiger partial charge in [-0.1, -0.05) is 40.1 Å². The van der Waals surface area contributed by atoms with Gasteiger partial charge in [0, 0.05) is 20.3 Å². The molecule has 1 aromatic rings. The third kappa shape index (κ3) is 1.70. The molecular formula is C11H12S3. The molecule has 1 aliphatic carbocycles. The van der Waals surface area contributed by atoms with E-state index in [9.17, 15) is 0 Å². The van der Waals surface area contributed by atoms with E-state index in [1.165, 1.54) is 29.1 Å². The van der Waals surface area contributed by atoms with Crippen LogP contribution in [0.3, 0.4) is 0 Å². The minimum atomic E-state index is 0.871. The summed E-state index contributed by atoms with van der Waals surface area (Å²) in [7, 11) is 4.07. The maximum Gasteiger partial charge on any atom is 0.0319 e. The summed E-state index contributed by atoms with van der Waals surface area (Å²) in [6.45, 7) is 0. The molecule has 0 saturated heterocycles. The normalized spacial score (nSPS) is 30.6. The van der Waals surface area contributed by atoms with Crippen molar-refractivity contribution in [3.63, 3.8) is 0 Å². The molecule has 14 heavy (non-hydrogen) atoms. The zero-order chi connectivity index (χ0) is 9.38. The zero-order valence-electron chi connectivity index (χ0n) is 7.81. The van der Waals surface area contributed by atoms with Crippen LogP contribution in [0.2, 0.25) is 0 Å². The first kappa shape index (κ1) is 9.49. The van der Waals surface area contributed by atoms with Gasteiger partial charge in [-0.05, 0) is 25.0 Å². The van der Waals surface area contributed by atoms with Crippen molar-refractivity contribution in [1.29, 1.82) is 0 Å². The Kier molecular flexibility index (Phi) is 2.73. The van der Waals surface area contributed by atoms with E-state index in [-0.39, 0.29) is 0 Å². The second-order valence-corrected chi connectivity index (χ2v) is 7.51. The van der Waals surface area contributed by atoms with Crippen LogP contribution in [0.5, 0.6) is 0 Å². The van der Waals surface area contributed by atoms with Crippen LogP contribution >= 0.6 is 33.3 Å². The Morgan fingerprint density at radius 3 is 2.71 bits per heavy atom. The zero-order valence-corrected chi connectivity index (χ0v) is 10.3. The second kappa shape index (κ2) is 4.03. The maximum atomic E-state index is 2.27. The van der Waals surface area contributed by atoms with Gasteiger partial charge in [0.15, 0.2) is 0 Å². The van der Waals surface area contributed by atoms with Crippen LogP contribution in [0.25, 0.3) is 0 Å². The van der Waals surface area contributed by atoms with Crippen molar-refractivity contribution in [2.24, 2.45) is 0 Å². The van der Waals surface area contributed by atoms with E-state index in [0.29, 0.717) is 0 Å². The summed E-state index contributed by atoms with van der Waals surface area (Å²) in [4.78, 5) is 2.97. The van der Waals surface area contributed by atoms with Gasteiger partial charge in [-0.25, -0.2) is 0 Å². The Labute approximate surface area is 97.0 Å². The summed E-state index contributed by atoms with van der Waals surface area (Å²) in [5.74, 6) is 0. The van der Waals surface area contributed by atoms with E-state index in [1.54, 1.807) is 0 Å². The van der Waals surface area contributed by atoms with Crippen LogP contribution in [0.4, 0.5) is 0 Å². The number of fused-ring (bicyclic) bond motifs is 2. The van der Waals surface area contributed by atoms with Crippen molar-refractivity contribution >= 4 is 33.3 Å². The van der Waals surface area contributed by atoms with Crippen LogP contribution in [-0.4, -0.2) is 10.5 Å². The molecule has 1 saturated carbocycles. The fraction of sp³-hybridized carbons (Fsp3) is 0.455. The molecule has 3 rings (SSSR count). The molecule has 0 amide bonds. The average molecular weight is 240 g/mol. The third-order valence-corrected chi connectivity index (χ3v) is 7.57. The molecule has 74 valence electrons. The van der Waals surface area contributed by atoms with Gasteiger partial charge < -0.3 is 0 Å². The highest BCUT2D eigenvalue weighted by Crippen LogP contribution is 2.52. The van der Waals surface area contributed by atoms with Crippen LogP contribution in [0.1, 0.15) is 19.3 Å². The molecule has 1 fully saturated rings. The summed E-state index contributed by atoms with van der Waals surface area (Å²) in [5, 5.41) is 1.76. The lowest BCUT2D eigenvalue weighted by atomic mass is 10.3. The molecule has 3 heteroatoms. The Balaban J connectivity index is 1.93. The van der Waals surface area contributed by atoms with Gasteiger partial charge in [-0.15, -0.1) is 11.8 Å². The quantitative estimate of drug-likeness (QED) is 0.615. The van der Waals surface area contributed by atoms with Gasteiger partial charge in [0.25, 0.3) is 0 Å². The van der Waals surface area contributed by atoms with E-state index in [1.807, 2.05) is 10.8 Å². The molecule has 2 aliphatic rings. The smallest absolute Gasteiger partial charge is 0.0319 e. The van der Waals surface area contributed by atoms with Crippen molar-refractivity contribution < 1.29 is 0 Å². The van der Waals surface area contributed by atoms with Crippen molar-refractivity contribution in [1.82, 2.24) is 0 Å². The van der Waals surface area contributed by atoms with Crippen LogP contribution < -0.4 is 0 Å². The number of hydrogen-bond acceptors (Lipinski definition) is 3. The molecule has 0 spiro atoms. The van der Waals surface area contributed by atoms with Gasteiger partial charge in [0.2, 0.25) is 0 Å². The van der Waals surface area contributed by atoms with Crippen LogP contribution in [0, 0.1) is 0 Å². The Bertz CT molecular complexity index is 337. The van der Waals surface area contributed by atoms with Crippen molar-refractivity contribution in [2.45, 2.75) is 39.6 Å². The Morgan fingerprint density at radius 1 is 1.00 bits per heavy atom. The molecule has 1 heterocycles. The topological polar surface area (TPSA) is 0 Å². The molecule has 1 aliphatic heterocycles. The number of rotatable bonds is 0. The van der Waals surface area contributed by atoms with E-state index >= 15 is 0 Å². The lowest BCUT2D eigenvalue weighted by molar-refractivity contribution is 0.890. The van der Waals surface area contributed by atoms with Crippen LogP contribution in [-0.2, 0) is 0 Å². The van der Waals surface area contributed by atoms with Gasteiger partial charge in [0.1, 0.15) is 0 Å². The standard InChI is InChI=1S/C11H12S3/c1-2-5-10-8(4-1)12-9-6-3-7-11(9)14-13-10/h1-2,4-5,9,11H,3,6-7H2. The fourth-order valence-electron chi connectivity index (χ4n) is 2.03. The predicted molar refractivity (Wildman–Crippen MR) is 67.2 cm³/mol. The van der Waals surface area contributed by atoms with E-state index in [4.69, 9.17) is 0 Å². The Morgan fingerprint density at radius 2 is 1.79 bits per heavy atom. The predicted octanol–water partition coefficient (Wildman–Crippen LogP) is 4.45. The first-order valence-electron chi connectivity index (χ1n) is 5.02. The molecular weight excluding hydrogens is 228 g/mol. The van der Waals surface area contributed by atoms with Crippen molar-refractivity contribution in [2.75, 3.05) is 0 Å². The van der Waals surface area contributed by atoms with Gasteiger partial charge in [-0.3, -0.25) is 0 Å². The van der Waals surface area contributed by atoms with Gasteiger partial charge >= 0.3 is 0 Å². The van der Waals surface area contributed by atoms with Gasteiger partial charge in [-0.2, -0.15) is 0 Å². The highest BCUT2D eigenvalue weighted by molar-refractivity contribution is 8.77. The molecule has 0 aromatic heterocycles. The molecule has 0 nitrogen and oxygen atoms in total. The minimum Gasteiger partial charge on any atom is -0.120 e. The highest BCUT2D eigenvalue weighted by atomic mass is 33.1. The fourth-order valence-corrected chi connectivity index (χ4v) is 7.09. The minimum absolute atomic E-state index is 0.871. The summed E-state index contributed by atoms with van der Waals surface area (Å²) < 4.78 is 0. The molecule has 2 atom stereocenters. The third-order valence-electron chi connectivity index (χ3n) is 2.78. The lowest BCUT2D eigenvalue weighted by Crippen LogP contribution is -2.09. The van der Waals surface area contributed by atoms with E-state index < -0.39 is 0 Å². The number of thioether (sulfide) groups is 1. The van der Waals surface area contributed by atoms with Gasteiger partial charge in [0.05, 0.1) is 0 Å². The van der Waals surface area contributed by atoms with Crippen molar-refractivity contribution in [3.8, 4) is 0 Å². The summed E-state index contributed by atoms with van der Waals surface area (Å²) >= 11 is 2.11. The SMILES string of the molecule is c1ccc2c(c1)SSC1CCCC1S2. The van der Waals surface area contributed by atoms with Crippen LogP contribution in [0.15, 0.2) is 34.1 Å². The first-order chi connectivity index (χ1) is 6.93. The number of benzene rings is 1. The summed E-state index contributed by atoms with van der Waals surface area (Å²) in [6.07, 6.45) is 4.26. The highest BCUT2D eigenvalue weighted by Gasteiger charge is 2.31. The number of hydrogen-bond donors (Lipinski definition) is 0. The van der Waals surface area contributed by atoms with Crippen molar-refractivity contribution in [3.05, 3.63) is 24.3 Å². The molecule has 0 N–H and O–H groups in total. The molecule has 0 radical (unpaired) electrons. The maximum absolute atomic E-state index is 2.27. The monoisotopic (exact) mass is 240 g/mol. The first-order valence-corrected chi connectivity index (χ1v) is 8.12. The largest absolute Gasteiger partial charge is 0.120 e.